The molecule has 2 rings (SSSR count). The Hall–Kier alpha value is -2.22. The summed E-state index contributed by atoms with van der Waals surface area (Å²) in [6.45, 7) is 9.97. The van der Waals surface area contributed by atoms with Gasteiger partial charge in [-0.2, -0.15) is 0 Å². The van der Waals surface area contributed by atoms with E-state index < -0.39 is 0 Å². The van der Waals surface area contributed by atoms with Gasteiger partial charge in [-0.15, -0.1) is 0 Å². The summed E-state index contributed by atoms with van der Waals surface area (Å²) in [4.78, 5) is 0. The quantitative estimate of drug-likeness (QED) is 0.815. The molecule has 0 spiro atoms. The molecule has 0 atom stereocenters. The van der Waals surface area contributed by atoms with Crippen molar-refractivity contribution in [1.29, 1.82) is 0 Å². The molecule has 98 valence electrons. The van der Waals surface area contributed by atoms with Crippen LogP contribution in [0, 0.1) is 0 Å². The zero-order valence-electron chi connectivity index (χ0n) is 11.8. The topological polar surface area (TPSA) is 17.0 Å². The molecule has 2 nitrogen and oxygen atoms in total. The molecule has 1 N–H and O–H groups in total. The first-order valence-electron chi connectivity index (χ1n) is 6.33. The van der Waals surface area contributed by atoms with E-state index in [1.807, 2.05) is 26.2 Å². The monoisotopic (exact) mass is 252 g/mol. The number of hydrogen-bond acceptors (Lipinski definition) is 1. The molecule has 0 aliphatic carbocycles. The Labute approximate surface area is 114 Å². The minimum Gasteiger partial charge on any atom is -0.393 e. The van der Waals surface area contributed by atoms with Crippen LogP contribution in [0.25, 0.3) is 22.0 Å². The van der Waals surface area contributed by atoms with Gasteiger partial charge in [0.05, 0.1) is 0 Å². The van der Waals surface area contributed by atoms with Gasteiger partial charge in [-0.3, -0.25) is 0 Å². The molecule has 0 unspecified atom stereocenters. The Balaban J connectivity index is 2.68. The number of allylic oxidation sites excluding steroid dienone is 3. The molecule has 0 saturated carbocycles. The molecule has 2 aromatic rings. The van der Waals surface area contributed by atoms with Gasteiger partial charge in [-0.1, -0.05) is 25.3 Å². The summed E-state index contributed by atoms with van der Waals surface area (Å²) in [5.74, 6) is 0. The number of aromatic nitrogens is 1. The molecule has 0 fully saturated rings. The molecule has 0 bridgehead atoms. The fourth-order valence-electron chi connectivity index (χ4n) is 2.33. The molecule has 1 aromatic carbocycles. The lowest BCUT2D eigenvalue weighted by Gasteiger charge is -2.05. The molecule has 1 heterocycles. The van der Waals surface area contributed by atoms with Crippen LogP contribution in [-0.2, 0) is 7.05 Å². The van der Waals surface area contributed by atoms with E-state index in [9.17, 15) is 0 Å². The van der Waals surface area contributed by atoms with Crippen molar-refractivity contribution in [2.45, 2.75) is 6.92 Å². The van der Waals surface area contributed by atoms with E-state index in [1.165, 1.54) is 16.5 Å². The van der Waals surface area contributed by atoms with E-state index in [0.717, 1.165) is 16.7 Å². The van der Waals surface area contributed by atoms with Crippen LogP contribution in [0.4, 0.5) is 0 Å². The molecular weight excluding hydrogens is 232 g/mol. The van der Waals surface area contributed by atoms with Crippen molar-refractivity contribution >= 4 is 22.0 Å². The highest BCUT2D eigenvalue weighted by Crippen LogP contribution is 2.28. The summed E-state index contributed by atoms with van der Waals surface area (Å²) in [6.07, 6.45) is 5.95. The average molecular weight is 252 g/mol. The number of nitrogens with one attached hydrogen (secondary N) is 1. The fraction of sp³-hybridized carbons (Fsp3) is 0.176. The zero-order chi connectivity index (χ0) is 14.0. The number of rotatable bonds is 4. The first-order chi connectivity index (χ1) is 9.08. The highest BCUT2D eigenvalue weighted by Gasteiger charge is 2.08. The van der Waals surface area contributed by atoms with Crippen LogP contribution in [0.1, 0.15) is 18.1 Å². The Morgan fingerprint density at radius 1 is 1.37 bits per heavy atom. The predicted molar refractivity (Wildman–Crippen MR) is 84.9 cm³/mol. The van der Waals surface area contributed by atoms with Crippen LogP contribution in [0.2, 0.25) is 0 Å². The molecule has 0 radical (unpaired) electrons. The first-order valence-corrected chi connectivity index (χ1v) is 6.33. The summed E-state index contributed by atoms with van der Waals surface area (Å²) >= 11 is 0. The number of aryl methyl sites for hydroxylation is 1. The fourth-order valence-corrected chi connectivity index (χ4v) is 2.33. The van der Waals surface area contributed by atoms with E-state index in [0.29, 0.717) is 0 Å². The van der Waals surface area contributed by atoms with Gasteiger partial charge in [-0.05, 0) is 35.8 Å². The molecule has 0 saturated heterocycles. The number of nitrogens with zero attached hydrogens (tertiary/aromatic N) is 1. The Morgan fingerprint density at radius 3 is 2.68 bits per heavy atom. The van der Waals surface area contributed by atoms with E-state index in [4.69, 9.17) is 0 Å². The Bertz CT molecular complexity index is 672. The second-order valence-electron chi connectivity index (χ2n) is 4.76. The summed E-state index contributed by atoms with van der Waals surface area (Å²) in [7, 11) is 3.95. The summed E-state index contributed by atoms with van der Waals surface area (Å²) < 4.78 is 2.14. The number of hydrogen-bond donors (Lipinski definition) is 1. The SMILES string of the molecule is C=C/C(=C\NC)c1ccc2c(c1)c(C(=C)C)cn2C. The van der Waals surface area contributed by atoms with E-state index in [1.54, 1.807) is 0 Å². The van der Waals surface area contributed by atoms with Crippen LogP contribution >= 0.6 is 0 Å². The van der Waals surface area contributed by atoms with Gasteiger partial charge in [0.2, 0.25) is 0 Å². The maximum atomic E-state index is 4.06. The second kappa shape index (κ2) is 5.19. The predicted octanol–water partition coefficient (Wildman–Crippen LogP) is 3.96. The van der Waals surface area contributed by atoms with E-state index in [-0.39, 0.29) is 0 Å². The van der Waals surface area contributed by atoms with Crippen molar-refractivity contribution in [3.8, 4) is 0 Å². The van der Waals surface area contributed by atoms with Crippen LogP contribution < -0.4 is 5.32 Å². The molecule has 1 aromatic heterocycles. The van der Waals surface area contributed by atoms with Crippen molar-refractivity contribution in [3.63, 3.8) is 0 Å². The van der Waals surface area contributed by atoms with Crippen LogP contribution in [0.15, 0.2) is 49.8 Å². The molecule has 2 heteroatoms. The third-order valence-electron chi connectivity index (χ3n) is 3.30. The van der Waals surface area contributed by atoms with Crippen LogP contribution in [0.3, 0.4) is 0 Å². The number of fused-ring (bicyclic) bond motifs is 1. The second-order valence-corrected chi connectivity index (χ2v) is 4.76. The summed E-state index contributed by atoms with van der Waals surface area (Å²) in [5, 5.41) is 4.28. The lowest BCUT2D eigenvalue weighted by Crippen LogP contribution is -1.95. The van der Waals surface area contributed by atoms with Crippen molar-refractivity contribution in [2.75, 3.05) is 7.05 Å². The Morgan fingerprint density at radius 2 is 2.11 bits per heavy atom. The smallest absolute Gasteiger partial charge is 0.0484 e. The third kappa shape index (κ3) is 2.34. The van der Waals surface area contributed by atoms with Gasteiger partial charge < -0.3 is 9.88 Å². The standard InChI is InChI=1S/C17H20N2/c1-6-13(10-18-4)14-7-8-17-15(9-14)16(12(2)3)11-19(17)5/h6-11,18H,1-2H2,3-5H3/b13-10+. The lowest BCUT2D eigenvalue weighted by molar-refractivity contribution is 0.967. The Kier molecular flexibility index (Phi) is 3.61. The average Bonchev–Trinajstić information content (AvgIpc) is 2.73. The third-order valence-corrected chi connectivity index (χ3v) is 3.30. The zero-order valence-corrected chi connectivity index (χ0v) is 11.8. The van der Waals surface area contributed by atoms with Gasteiger partial charge in [0.1, 0.15) is 0 Å². The minimum absolute atomic E-state index is 1.08. The molecule has 0 aliphatic rings. The van der Waals surface area contributed by atoms with E-state index in [2.05, 4.69) is 54.5 Å². The van der Waals surface area contributed by atoms with Gasteiger partial charge in [0.25, 0.3) is 0 Å². The minimum atomic E-state index is 1.08. The van der Waals surface area contributed by atoms with Crippen molar-refractivity contribution in [1.82, 2.24) is 9.88 Å². The maximum absolute atomic E-state index is 4.06. The normalized spacial score (nSPS) is 11.6. The van der Waals surface area contributed by atoms with Crippen molar-refractivity contribution < 1.29 is 0 Å². The molecule has 19 heavy (non-hydrogen) atoms. The molecule has 0 aliphatic heterocycles. The maximum Gasteiger partial charge on any atom is 0.0484 e. The summed E-state index contributed by atoms with van der Waals surface area (Å²) in [6, 6.07) is 6.46. The lowest BCUT2D eigenvalue weighted by atomic mass is 10.0. The number of benzene rings is 1. The first kappa shape index (κ1) is 13.2. The van der Waals surface area contributed by atoms with Gasteiger partial charge >= 0.3 is 0 Å². The van der Waals surface area contributed by atoms with Gasteiger partial charge in [0.15, 0.2) is 0 Å². The highest BCUT2D eigenvalue weighted by atomic mass is 14.9. The largest absolute Gasteiger partial charge is 0.393 e. The van der Waals surface area contributed by atoms with Gasteiger partial charge in [-0.25, -0.2) is 0 Å². The summed E-state index contributed by atoms with van der Waals surface area (Å²) in [5.41, 5.74) is 5.74. The van der Waals surface area contributed by atoms with Crippen LogP contribution in [-0.4, -0.2) is 11.6 Å². The van der Waals surface area contributed by atoms with Crippen LogP contribution in [0.5, 0.6) is 0 Å². The molecular formula is C17H20N2. The van der Waals surface area contributed by atoms with Gasteiger partial charge in [0, 0.05) is 43.0 Å². The van der Waals surface area contributed by atoms with Crippen molar-refractivity contribution in [3.05, 3.63) is 61.0 Å². The highest BCUT2D eigenvalue weighted by molar-refractivity contribution is 5.95. The van der Waals surface area contributed by atoms with E-state index >= 15 is 0 Å². The molecule has 0 amide bonds. The van der Waals surface area contributed by atoms with Crippen molar-refractivity contribution in [2.24, 2.45) is 7.05 Å².